The lowest BCUT2D eigenvalue weighted by Gasteiger charge is -2.22. The Hall–Kier alpha value is -1.31. The molecule has 0 amide bonds. The maximum atomic E-state index is 5.52. The second-order valence-electron chi connectivity index (χ2n) is 7.00. The van der Waals surface area contributed by atoms with E-state index in [-0.39, 0.29) is 0 Å². The summed E-state index contributed by atoms with van der Waals surface area (Å²) in [5.74, 6) is 3.20. The van der Waals surface area contributed by atoms with Gasteiger partial charge in [-0.1, -0.05) is 11.8 Å². The van der Waals surface area contributed by atoms with Gasteiger partial charge in [-0.25, -0.2) is 0 Å². The summed E-state index contributed by atoms with van der Waals surface area (Å²) in [4.78, 5) is 5.01. The molecule has 4 heterocycles. The van der Waals surface area contributed by atoms with E-state index in [1.807, 2.05) is 23.9 Å². The third-order valence-corrected chi connectivity index (χ3v) is 6.31. The first kappa shape index (κ1) is 17.1. The highest BCUT2D eigenvalue weighted by molar-refractivity contribution is 7.99. The minimum atomic E-state index is 0.343. The molecule has 0 aliphatic carbocycles. The Kier molecular flexibility index (Phi) is 5.43. The molecule has 2 saturated heterocycles. The zero-order valence-electron chi connectivity index (χ0n) is 14.9. The van der Waals surface area contributed by atoms with E-state index in [1.54, 1.807) is 6.26 Å². The van der Waals surface area contributed by atoms with Crippen LogP contribution in [0.2, 0.25) is 0 Å². The molecule has 0 unspecified atom stereocenters. The van der Waals surface area contributed by atoms with Crippen LogP contribution in [0.25, 0.3) is 0 Å². The van der Waals surface area contributed by atoms with Crippen LogP contribution in [0.4, 0.5) is 0 Å². The molecule has 0 bridgehead atoms. The summed E-state index contributed by atoms with van der Waals surface area (Å²) in [6.07, 6.45) is 6.80. The quantitative estimate of drug-likeness (QED) is 0.707. The number of thioether (sulfide) groups is 1. The molecule has 2 aliphatic heterocycles. The molecule has 6 nitrogen and oxygen atoms in total. The molecule has 0 radical (unpaired) electrons. The molecule has 0 N–H and O–H groups in total. The van der Waals surface area contributed by atoms with Gasteiger partial charge in [-0.2, -0.15) is 0 Å². The first-order chi connectivity index (χ1) is 12.3. The summed E-state index contributed by atoms with van der Waals surface area (Å²) in [7, 11) is 2.11. The van der Waals surface area contributed by atoms with Gasteiger partial charge in [0.2, 0.25) is 0 Å². The minimum absolute atomic E-state index is 0.343. The first-order valence-electron chi connectivity index (χ1n) is 9.32. The molecular formula is C18H27N5OS. The Balaban J connectivity index is 1.37. The highest BCUT2D eigenvalue weighted by atomic mass is 32.2. The topological polar surface area (TPSA) is 50.3 Å². The fourth-order valence-electron chi connectivity index (χ4n) is 3.92. The largest absolute Gasteiger partial charge is 0.468 e. The van der Waals surface area contributed by atoms with Crippen molar-refractivity contribution in [2.75, 3.05) is 31.9 Å². The number of rotatable bonds is 7. The second-order valence-corrected chi connectivity index (χ2v) is 8.07. The summed E-state index contributed by atoms with van der Waals surface area (Å²) in [6, 6.07) is 4.35. The molecule has 136 valence electrons. The van der Waals surface area contributed by atoms with Gasteiger partial charge in [0.05, 0.1) is 18.8 Å². The zero-order valence-corrected chi connectivity index (χ0v) is 15.7. The van der Waals surface area contributed by atoms with Gasteiger partial charge in [0.1, 0.15) is 5.76 Å². The van der Waals surface area contributed by atoms with E-state index >= 15 is 0 Å². The Bertz CT molecular complexity index is 665. The van der Waals surface area contributed by atoms with Crippen molar-refractivity contribution in [1.82, 2.24) is 24.6 Å². The highest BCUT2D eigenvalue weighted by Crippen LogP contribution is 2.33. The summed E-state index contributed by atoms with van der Waals surface area (Å²) in [5.41, 5.74) is 0. The zero-order chi connectivity index (χ0) is 17.1. The lowest BCUT2D eigenvalue weighted by molar-refractivity contribution is 0.217. The van der Waals surface area contributed by atoms with Gasteiger partial charge < -0.3 is 13.9 Å². The van der Waals surface area contributed by atoms with Crippen molar-refractivity contribution >= 4 is 11.8 Å². The number of furan rings is 1. The Morgan fingerprint density at radius 2 is 2.08 bits per heavy atom. The van der Waals surface area contributed by atoms with Crippen LogP contribution >= 0.6 is 11.8 Å². The molecule has 2 aromatic heterocycles. The van der Waals surface area contributed by atoms with Crippen LogP contribution < -0.4 is 0 Å². The highest BCUT2D eigenvalue weighted by Gasteiger charge is 2.31. The summed E-state index contributed by atoms with van der Waals surface area (Å²) in [5, 5.41) is 10.0. The van der Waals surface area contributed by atoms with Crippen LogP contribution in [0.3, 0.4) is 0 Å². The average Bonchev–Trinajstić information content (AvgIpc) is 3.38. The number of nitrogens with zero attached hydrogens (tertiary/aromatic N) is 5. The van der Waals surface area contributed by atoms with E-state index in [4.69, 9.17) is 4.42 Å². The maximum Gasteiger partial charge on any atom is 0.191 e. The smallest absolute Gasteiger partial charge is 0.191 e. The first-order valence-corrected chi connectivity index (χ1v) is 10.3. The van der Waals surface area contributed by atoms with Crippen molar-refractivity contribution in [2.24, 2.45) is 7.05 Å². The molecule has 2 aliphatic rings. The van der Waals surface area contributed by atoms with Crippen LogP contribution in [0.1, 0.15) is 43.3 Å². The van der Waals surface area contributed by atoms with E-state index in [0.29, 0.717) is 6.04 Å². The summed E-state index contributed by atoms with van der Waals surface area (Å²) < 4.78 is 7.72. The number of hydrogen-bond donors (Lipinski definition) is 0. The Labute approximate surface area is 153 Å². The summed E-state index contributed by atoms with van der Waals surface area (Å²) >= 11 is 1.83. The van der Waals surface area contributed by atoms with Crippen molar-refractivity contribution in [3.63, 3.8) is 0 Å². The van der Waals surface area contributed by atoms with Gasteiger partial charge in [0.15, 0.2) is 11.0 Å². The second kappa shape index (κ2) is 7.93. The van der Waals surface area contributed by atoms with Crippen molar-refractivity contribution in [3.8, 4) is 0 Å². The predicted molar refractivity (Wildman–Crippen MR) is 98.5 cm³/mol. The normalized spacial score (nSPS) is 22.2. The van der Waals surface area contributed by atoms with E-state index in [2.05, 4.69) is 31.6 Å². The molecule has 2 fully saturated rings. The molecule has 4 rings (SSSR count). The summed E-state index contributed by atoms with van der Waals surface area (Å²) in [6.45, 7) is 5.61. The average molecular weight is 362 g/mol. The van der Waals surface area contributed by atoms with Crippen molar-refractivity contribution < 1.29 is 4.42 Å². The van der Waals surface area contributed by atoms with Gasteiger partial charge in [0, 0.05) is 19.3 Å². The lowest BCUT2D eigenvalue weighted by Crippen LogP contribution is -2.24. The lowest BCUT2D eigenvalue weighted by atomic mass is 10.2. The molecule has 0 saturated carbocycles. The molecule has 7 heteroatoms. The molecular weight excluding hydrogens is 334 g/mol. The molecule has 0 spiro atoms. The van der Waals surface area contributed by atoms with E-state index < -0.39 is 0 Å². The van der Waals surface area contributed by atoms with Crippen LogP contribution in [-0.2, 0) is 13.6 Å². The number of likely N-dealkylation sites (tertiary alicyclic amines) is 2. The van der Waals surface area contributed by atoms with Crippen LogP contribution in [-0.4, -0.2) is 56.5 Å². The maximum absolute atomic E-state index is 5.52. The van der Waals surface area contributed by atoms with Crippen molar-refractivity contribution in [2.45, 2.75) is 43.4 Å². The van der Waals surface area contributed by atoms with Crippen LogP contribution in [0.15, 0.2) is 28.0 Å². The predicted octanol–water partition coefficient (Wildman–Crippen LogP) is 2.93. The molecule has 1 atom stereocenters. The van der Waals surface area contributed by atoms with Gasteiger partial charge in [-0.05, 0) is 57.5 Å². The fourth-order valence-corrected chi connectivity index (χ4v) is 4.84. The molecule has 2 aromatic rings. The van der Waals surface area contributed by atoms with E-state index in [1.165, 1.54) is 32.4 Å². The number of aromatic nitrogens is 3. The van der Waals surface area contributed by atoms with E-state index in [9.17, 15) is 0 Å². The Morgan fingerprint density at radius 3 is 2.88 bits per heavy atom. The fraction of sp³-hybridized carbons (Fsp3) is 0.667. The van der Waals surface area contributed by atoms with Crippen LogP contribution in [0, 0.1) is 0 Å². The van der Waals surface area contributed by atoms with Gasteiger partial charge in [-0.15, -0.1) is 10.2 Å². The SMILES string of the molecule is Cn1c(SCCN2CCCC2)nnc1[C@@H]1CCCN1Cc1ccco1. The van der Waals surface area contributed by atoms with Crippen LogP contribution in [0.5, 0.6) is 0 Å². The van der Waals surface area contributed by atoms with Gasteiger partial charge in [-0.3, -0.25) is 4.90 Å². The minimum Gasteiger partial charge on any atom is -0.468 e. The Morgan fingerprint density at radius 1 is 1.20 bits per heavy atom. The molecule has 25 heavy (non-hydrogen) atoms. The van der Waals surface area contributed by atoms with Gasteiger partial charge in [0.25, 0.3) is 0 Å². The van der Waals surface area contributed by atoms with Crippen molar-refractivity contribution in [3.05, 3.63) is 30.0 Å². The van der Waals surface area contributed by atoms with E-state index in [0.717, 1.165) is 48.5 Å². The third kappa shape index (κ3) is 3.93. The third-order valence-electron chi connectivity index (χ3n) is 5.31. The standard InChI is InChI=1S/C18H27N5OS/c1-21-17(16-7-4-10-23(16)14-15-6-5-12-24-15)19-20-18(21)25-13-11-22-8-2-3-9-22/h5-6,12,16H,2-4,7-11,13-14H2,1H3/t16-/m0/s1. The van der Waals surface area contributed by atoms with Gasteiger partial charge >= 0.3 is 0 Å². The number of hydrogen-bond acceptors (Lipinski definition) is 6. The van der Waals surface area contributed by atoms with Crippen molar-refractivity contribution in [1.29, 1.82) is 0 Å². The molecule has 0 aromatic carbocycles. The monoisotopic (exact) mass is 361 g/mol.